The van der Waals surface area contributed by atoms with Crippen molar-refractivity contribution < 1.29 is 4.39 Å². The highest BCUT2D eigenvalue weighted by Gasteiger charge is 2.46. The number of hydrogen-bond acceptors (Lipinski definition) is 1. The van der Waals surface area contributed by atoms with Crippen LogP contribution >= 0.6 is 0 Å². The number of halogens is 1. The maximum absolute atomic E-state index is 14.3. The van der Waals surface area contributed by atoms with Crippen LogP contribution in [0.15, 0.2) is 12.1 Å². The SMILES string of the molecule is CCCNC(c1c(C)cc(C)cc1F)C1(C)CC1. The molecule has 1 N–H and O–H groups in total. The van der Waals surface area contributed by atoms with Crippen molar-refractivity contribution in [1.82, 2.24) is 5.32 Å². The van der Waals surface area contributed by atoms with Crippen molar-refractivity contribution in [1.29, 1.82) is 0 Å². The first-order valence-electron chi connectivity index (χ1n) is 6.98. The highest BCUT2D eigenvalue weighted by molar-refractivity contribution is 5.36. The van der Waals surface area contributed by atoms with Crippen LogP contribution in [0.2, 0.25) is 0 Å². The Labute approximate surface area is 110 Å². The summed E-state index contributed by atoms with van der Waals surface area (Å²) in [6.45, 7) is 9.34. The molecule has 1 aromatic rings. The lowest BCUT2D eigenvalue weighted by molar-refractivity contribution is 0.354. The monoisotopic (exact) mass is 249 g/mol. The van der Waals surface area contributed by atoms with E-state index in [4.69, 9.17) is 0 Å². The summed E-state index contributed by atoms with van der Waals surface area (Å²) in [6.07, 6.45) is 3.47. The Hall–Kier alpha value is -0.890. The third kappa shape index (κ3) is 2.59. The predicted molar refractivity (Wildman–Crippen MR) is 74.2 cm³/mol. The van der Waals surface area contributed by atoms with Crippen molar-refractivity contribution in [3.8, 4) is 0 Å². The molecule has 1 saturated carbocycles. The maximum Gasteiger partial charge on any atom is 0.128 e. The van der Waals surface area contributed by atoms with Crippen LogP contribution in [-0.4, -0.2) is 6.54 Å². The molecule has 0 saturated heterocycles. The van der Waals surface area contributed by atoms with Gasteiger partial charge in [0.2, 0.25) is 0 Å². The summed E-state index contributed by atoms with van der Waals surface area (Å²) in [4.78, 5) is 0. The van der Waals surface area contributed by atoms with Crippen LogP contribution in [0, 0.1) is 25.1 Å². The molecule has 1 fully saturated rings. The molecule has 18 heavy (non-hydrogen) atoms. The van der Waals surface area contributed by atoms with Gasteiger partial charge in [0.1, 0.15) is 5.82 Å². The molecule has 0 radical (unpaired) electrons. The second-order valence-corrected chi connectivity index (χ2v) is 6.02. The van der Waals surface area contributed by atoms with E-state index in [2.05, 4.69) is 25.2 Å². The Morgan fingerprint density at radius 3 is 2.50 bits per heavy atom. The molecule has 1 nitrogen and oxygen atoms in total. The van der Waals surface area contributed by atoms with Crippen LogP contribution in [-0.2, 0) is 0 Å². The van der Waals surface area contributed by atoms with E-state index in [0.29, 0.717) is 0 Å². The molecule has 2 heteroatoms. The Morgan fingerprint density at radius 2 is 2.00 bits per heavy atom. The standard InChI is InChI=1S/C16H24FN/c1-5-8-18-15(16(4)6-7-16)14-12(3)9-11(2)10-13(14)17/h9-10,15,18H,5-8H2,1-4H3. The highest BCUT2D eigenvalue weighted by Crippen LogP contribution is 2.55. The van der Waals surface area contributed by atoms with Gasteiger partial charge in [-0.25, -0.2) is 4.39 Å². The van der Waals surface area contributed by atoms with E-state index >= 15 is 0 Å². The van der Waals surface area contributed by atoms with Crippen molar-refractivity contribution >= 4 is 0 Å². The van der Waals surface area contributed by atoms with Gasteiger partial charge < -0.3 is 5.32 Å². The van der Waals surface area contributed by atoms with E-state index in [1.54, 1.807) is 6.07 Å². The van der Waals surface area contributed by atoms with Crippen LogP contribution < -0.4 is 5.32 Å². The second-order valence-electron chi connectivity index (χ2n) is 6.02. The first kappa shape index (κ1) is 13.5. The van der Waals surface area contributed by atoms with Gasteiger partial charge in [0.15, 0.2) is 0 Å². The van der Waals surface area contributed by atoms with Crippen LogP contribution in [0.3, 0.4) is 0 Å². The molecule has 0 aliphatic heterocycles. The topological polar surface area (TPSA) is 12.0 Å². The lowest BCUT2D eigenvalue weighted by Gasteiger charge is -2.27. The highest BCUT2D eigenvalue weighted by atomic mass is 19.1. The Balaban J connectivity index is 2.36. The smallest absolute Gasteiger partial charge is 0.128 e. The fraction of sp³-hybridized carbons (Fsp3) is 0.625. The quantitative estimate of drug-likeness (QED) is 0.821. The molecule has 0 bridgehead atoms. The number of rotatable bonds is 5. The average Bonchev–Trinajstić information content (AvgIpc) is 3.01. The van der Waals surface area contributed by atoms with E-state index < -0.39 is 0 Å². The molecule has 1 aromatic carbocycles. The number of aryl methyl sites for hydroxylation is 2. The number of benzene rings is 1. The van der Waals surface area contributed by atoms with Crippen molar-refractivity contribution in [3.05, 3.63) is 34.6 Å². The zero-order chi connectivity index (χ0) is 13.3. The van der Waals surface area contributed by atoms with E-state index in [9.17, 15) is 4.39 Å². The van der Waals surface area contributed by atoms with Crippen LogP contribution in [0.4, 0.5) is 4.39 Å². The fourth-order valence-electron chi connectivity index (χ4n) is 2.76. The van der Waals surface area contributed by atoms with Crippen molar-refractivity contribution in [2.75, 3.05) is 6.54 Å². The molecule has 0 amide bonds. The zero-order valence-electron chi connectivity index (χ0n) is 11.9. The van der Waals surface area contributed by atoms with Crippen molar-refractivity contribution in [2.45, 2.75) is 53.0 Å². The van der Waals surface area contributed by atoms with Gasteiger partial charge in [-0.3, -0.25) is 0 Å². The lowest BCUT2D eigenvalue weighted by Crippen LogP contribution is -2.30. The Kier molecular flexibility index (Phi) is 3.76. The third-order valence-electron chi connectivity index (χ3n) is 4.10. The minimum atomic E-state index is -0.0470. The normalized spacial score (nSPS) is 18.7. The molecule has 2 rings (SSSR count). The number of nitrogens with one attached hydrogen (secondary N) is 1. The fourth-order valence-corrected chi connectivity index (χ4v) is 2.76. The maximum atomic E-state index is 14.3. The molecule has 0 aromatic heterocycles. The van der Waals surface area contributed by atoms with Crippen molar-refractivity contribution in [2.24, 2.45) is 5.41 Å². The summed E-state index contributed by atoms with van der Waals surface area (Å²) in [5, 5.41) is 3.55. The summed E-state index contributed by atoms with van der Waals surface area (Å²) in [6, 6.07) is 3.91. The summed E-state index contributed by atoms with van der Waals surface area (Å²) in [5.41, 5.74) is 3.21. The largest absolute Gasteiger partial charge is 0.309 e. The van der Waals surface area contributed by atoms with Crippen molar-refractivity contribution in [3.63, 3.8) is 0 Å². The van der Waals surface area contributed by atoms with E-state index in [-0.39, 0.29) is 17.3 Å². The molecule has 0 spiro atoms. The zero-order valence-corrected chi connectivity index (χ0v) is 11.9. The third-order valence-corrected chi connectivity index (χ3v) is 4.10. The molecule has 100 valence electrons. The summed E-state index contributed by atoms with van der Waals surface area (Å²) in [7, 11) is 0. The second kappa shape index (κ2) is 5.00. The average molecular weight is 249 g/mol. The van der Waals surface area contributed by atoms with Crippen LogP contribution in [0.5, 0.6) is 0 Å². The Morgan fingerprint density at radius 1 is 1.33 bits per heavy atom. The van der Waals surface area contributed by atoms with Gasteiger partial charge in [0.25, 0.3) is 0 Å². The molecular formula is C16H24FN. The first-order chi connectivity index (χ1) is 8.48. The predicted octanol–water partition coefficient (Wildman–Crippen LogP) is 4.28. The summed E-state index contributed by atoms with van der Waals surface area (Å²) < 4.78 is 14.3. The molecule has 1 aliphatic rings. The van der Waals surface area contributed by atoms with Gasteiger partial charge in [-0.2, -0.15) is 0 Å². The van der Waals surface area contributed by atoms with Gasteiger partial charge >= 0.3 is 0 Å². The minimum absolute atomic E-state index is 0.0470. The summed E-state index contributed by atoms with van der Waals surface area (Å²) in [5.74, 6) is -0.0470. The minimum Gasteiger partial charge on any atom is -0.309 e. The van der Waals surface area contributed by atoms with Crippen LogP contribution in [0.25, 0.3) is 0 Å². The van der Waals surface area contributed by atoms with E-state index in [1.165, 1.54) is 12.8 Å². The van der Waals surface area contributed by atoms with Crippen LogP contribution in [0.1, 0.15) is 55.8 Å². The number of hydrogen-bond donors (Lipinski definition) is 1. The molecular weight excluding hydrogens is 225 g/mol. The van der Waals surface area contributed by atoms with Gasteiger partial charge in [-0.05, 0) is 62.3 Å². The Bertz CT molecular complexity index is 412. The van der Waals surface area contributed by atoms with Gasteiger partial charge in [0.05, 0.1) is 0 Å². The summed E-state index contributed by atoms with van der Waals surface area (Å²) >= 11 is 0. The van der Waals surface area contributed by atoms with Gasteiger partial charge in [0, 0.05) is 11.6 Å². The first-order valence-corrected chi connectivity index (χ1v) is 6.98. The molecule has 1 atom stereocenters. The molecule has 1 aliphatic carbocycles. The van der Waals surface area contributed by atoms with Gasteiger partial charge in [-0.1, -0.05) is 19.9 Å². The van der Waals surface area contributed by atoms with E-state index in [0.717, 1.165) is 29.7 Å². The lowest BCUT2D eigenvalue weighted by atomic mass is 9.87. The molecule has 0 heterocycles. The molecule has 1 unspecified atom stereocenters. The van der Waals surface area contributed by atoms with E-state index in [1.807, 2.05) is 13.8 Å². The van der Waals surface area contributed by atoms with Gasteiger partial charge in [-0.15, -0.1) is 0 Å².